The molecule has 2 aromatic carbocycles. The number of phenols is 2. The van der Waals surface area contributed by atoms with E-state index in [0.717, 1.165) is 24.2 Å². The van der Waals surface area contributed by atoms with Crippen molar-refractivity contribution >= 4 is 41.2 Å². The highest BCUT2D eigenvalue weighted by Crippen LogP contribution is 2.39. The van der Waals surface area contributed by atoms with Crippen molar-refractivity contribution in [2.45, 2.75) is 161 Å². The monoisotopic (exact) mass is 879 g/mol. The van der Waals surface area contributed by atoms with Crippen LogP contribution in [0.2, 0.25) is 0 Å². The molecule has 0 saturated heterocycles. The van der Waals surface area contributed by atoms with Crippen LogP contribution >= 0.6 is 0 Å². The first-order valence-electron chi connectivity index (χ1n) is 22.7. The third-order valence-corrected chi connectivity index (χ3v) is 12.0. The minimum absolute atomic E-state index is 0.111. The standard InChI is InChI=1S/C48H70N4O11/c1-6-7-8-9-10-11-12-13-14-15-16-17-18-19-43(58)51(4)38(30-53)47(61)49-32(3)39(54)24-25-44(59)52(5)45-34-21-23-41(56)36(29-34)35-27-33(20-22-40(35)55)28-37(48(62)63)50-46(60)31(2)26-42(45)57/h20-23,27,29,31-32,37-38,45,53,55-56H,6-19,24-26,28,30H2,1-5H3,(H,49,61)(H,50,60)(H,62,63)/t31-,32-,37?,38?,45+/m1/s1. The van der Waals surface area contributed by atoms with E-state index in [1.54, 1.807) is 0 Å². The molecule has 15 heteroatoms. The highest BCUT2D eigenvalue weighted by Gasteiger charge is 2.34. The number of likely N-dealkylation sites (N-methyl/N-ethyl adjacent to an activating group) is 2. The molecule has 2 unspecified atom stereocenters. The van der Waals surface area contributed by atoms with Gasteiger partial charge in [0.2, 0.25) is 23.6 Å². The highest BCUT2D eigenvalue weighted by atomic mass is 16.4. The molecule has 5 atom stereocenters. The summed E-state index contributed by atoms with van der Waals surface area (Å²) in [6.45, 7) is 4.46. The van der Waals surface area contributed by atoms with E-state index >= 15 is 0 Å². The Morgan fingerprint density at radius 3 is 1.89 bits per heavy atom. The molecule has 63 heavy (non-hydrogen) atoms. The summed E-state index contributed by atoms with van der Waals surface area (Å²) >= 11 is 0. The molecule has 4 bridgehead atoms. The lowest BCUT2D eigenvalue weighted by molar-refractivity contribution is -0.143. The fourth-order valence-electron chi connectivity index (χ4n) is 7.93. The number of aliphatic carboxylic acids is 1. The molecule has 0 aliphatic carbocycles. The Morgan fingerprint density at radius 1 is 0.762 bits per heavy atom. The molecule has 0 saturated carbocycles. The number of hydrogen-bond donors (Lipinski definition) is 6. The molecule has 348 valence electrons. The number of aromatic hydroxyl groups is 2. The molecule has 3 rings (SSSR count). The zero-order valence-electron chi connectivity index (χ0n) is 37.8. The summed E-state index contributed by atoms with van der Waals surface area (Å²) in [5, 5.41) is 46.6. The van der Waals surface area contributed by atoms with E-state index < -0.39 is 78.4 Å². The molecule has 1 aliphatic heterocycles. The lowest BCUT2D eigenvalue weighted by Gasteiger charge is -2.30. The van der Waals surface area contributed by atoms with Crippen molar-refractivity contribution in [3.63, 3.8) is 0 Å². The second-order valence-electron chi connectivity index (χ2n) is 17.1. The first-order chi connectivity index (χ1) is 30.0. The van der Waals surface area contributed by atoms with Crippen LogP contribution in [0.15, 0.2) is 36.4 Å². The predicted molar refractivity (Wildman–Crippen MR) is 239 cm³/mol. The van der Waals surface area contributed by atoms with Crippen LogP contribution in [0.4, 0.5) is 0 Å². The van der Waals surface area contributed by atoms with Gasteiger partial charge in [-0.05, 0) is 48.7 Å². The third kappa shape index (κ3) is 16.1. The lowest BCUT2D eigenvalue weighted by Crippen LogP contribution is -2.53. The molecule has 4 amide bonds. The van der Waals surface area contributed by atoms with Gasteiger partial charge >= 0.3 is 5.97 Å². The highest BCUT2D eigenvalue weighted by molar-refractivity contribution is 5.96. The number of fused-ring (bicyclic) bond motifs is 5. The Balaban J connectivity index is 1.60. The van der Waals surface area contributed by atoms with E-state index in [1.165, 1.54) is 127 Å². The van der Waals surface area contributed by atoms with Gasteiger partial charge in [0.05, 0.1) is 12.6 Å². The Labute approximate surface area is 372 Å². The van der Waals surface area contributed by atoms with Crippen molar-refractivity contribution in [1.29, 1.82) is 0 Å². The van der Waals surface area contributed by atoms with Gasteiger partial charge in [0.15, 0.2) is 11.6 Å². The summed E-state index contributed by atoms with van der Waals surface area (Å²) in [5.74, 6) is -6.25. The Hall–Kier alpha value is -5.31. The third-order valence-electron chi connectivity index (χ3n) is 12.0. The average molecular weight is 879 g/mol. The number of aliphatic hydroxyl groups excluding tert-OH is 1. The molecule has 1 aliphatic rings. The van der Waals surface area contributed by atoms with Crippen LogP contribution < -0.4 is 10.6 Å². The van der Waals surface area contributed by atoms with Crippen molar-refractivity contribution in [2.75, 3.05) is 20.7 Å². The predicted octanol–water partition coefficient (Wildman–Crippen LogP) is 6.14. The molecule has 1 heterocycles. The van der Waals surface area contributed by atoms with E-state index in [-0.39, 0.29) is 59.8 Å². The van der Waals surface area contributed by atoms with Crippen LogP contribution in [0.3, 0.4) is 0 Å². The van der Waals surface area contributed by atoms with E-state index in [9.17, 15) is 54.0 Å². The van der Waals surface area contributed by atoms with Crippen LogP contribution in [0.1, 0.15) is 147 Å². The van der Waals surface area contributed by atoms with Crippen LogP contribution in [0, 0.1) is 5.92 Å². The number of hydrogen-bond acceptors (Lipinski definition) is 10. The number of rotatable bonds is 24. The van der Waals surface area contributed by atoms with Gasteiger partial charge in [0, 0.05) is 63.2 Å². The number of unbranched alkanes of at least 4 members (excludes halogenated alkanes) is 12. The van der Waals surface area contributed by atoms with Crippen molar-refractivity contribution in [3.8, 4) is 22.6 Å². The summed E-state index contributed by atoms with van der Waals surface area (Å²) in [7, 11) is 2.80. The van der Waals surface area contributed by atoms with Crippen LogP contribution in [0.5, 0.6) is 11.5 Å². The molecule has 6 N–H and O–H groups in total. The number of phenolic OH excluding ortho intramolecular Hbond substituents is 2. The number of amides is 4. The van der Waals surface area contributed by atoms with Gasteiger partial charge in [-0.25, -0.2) is 4.79 Å². The fraction of sp³-hybridized carbons (Fsp3) is 0.604. The number of nitrogens with one attached hydrogen (secondary N) is 2. The average Bonchev–Trinajstić information content (AvgIpc) is 3.24. The van der Waals surface area contributed by atoms with Gasteiger partial charge in [0.25, 0.3) is 0 Å². The number of nitrogens with zero attached hydrogens (tertiary/aromatic N) is 2. The van der Waals surface area contributed by atoms with Crippen molar-refractivity contribution < 1.29 is 54.0 Å². The molecular formula is C48H70N4O11. The topological polar surface area (TPSA) is 231 Å². The van der Waals surface area contributed by atoms with Gasteiger partial charge in [-0.1, -0.05) is 103 Å². The van der Waals surface area contributed by atoms with Gasteiger partial charge in [-0.2, -0.15) is 0 Å². The van der Waals surface area contributed by atoms with Crippen LogP contribution in [-0.2, 0) is 40.0 Å². The maximum atomic E-state index is 14.0. The number of carboxylic acids is 1. The number of ketones is 2. The summed E-state index contributed by atoms with van der Waals surface area (Å²) < 4.78 is 0. The zero-order chi connectivity index (χ0) is 46.6. The number of carbonyl (C=O) groups is 7. The number of aliphatic hydroxyl groups is 1. The van der Waals surface area contributed by atoms with Crippen LogP contribution in [0.25, 0.3) is 11.1 Å². The normalized spacial score (nSPS) is 17.5. The number of carboxylic acid groups (broad SMARTS) is 1. The van der Waals surface area contributed by atoms with Crippen LogP contribution in [-0.4, -0.2) is 110 Å². The molecule has 2 aromatic rings. The fourth-order valence-corrected chi connectivity index (χ4v) is 7.93. The summed E-state index contributed by atoms with van der Waals surface area (Å²) in [6.07, 6.45) is 14.2. The van der Waals surface area contributed by atoms with Gasteiger partial charge in [-0.15, -0.1) is 0 Å². The molecular weight excluding hydrogens is 809 g/mol. The minimum Gasteiger partial charge on any atom is -0.507 e. The van der Waals surface area contributed by atoms with Gasteiger partial charge < -0.3 is 40.9 Å². The molecule has 0 aromatic heterocycles. The van der Waals surface area contributed by atoms with Crippen molar-refractivity contribution in [3.05, 3.63) is 47.5 Å². The molecule has 15 nitrogen and oxygen atoms in total. The van der Waals surface area contributed by atoms with Gasteiger partial charge in [0.1, 0.15) is 29.6 Å². The van der Waals surface area contributed by atoms with Crippen molar-refractivity contribution in [1.82, 2.24) is 20.4 Å². The molecule has 0 radical (unpaired) electrons. The quantitative estimate of drug-likeness (QED) is 0.0656. The van der Waals surface area contributed by atoms with E-state index in [4.69, 9.17) is 0 Å². The maximum Gasteiger partial charge on any atom is 0.326 e. The number of benzene rings is 2. The van der Waals surface area contributed by atoms with E-state index in [1.807, 2.05) is 0 Å². The van der Waals surface area contributed by atoms with E-state index in [0.29, 0.717) is 12.0 Å². The first kappa shape index (κ1) is 52.0. The number of Topliss-reactive ketones (excluding diaryl/α,β-unsaturated/α-hetero) is 2. The minimum atomic E-state index is -1.36. The Kier molecular flexibility index (Phi) is 21.8. The first-order valence-corrected chi connectivity index (χ1v) is 22.7. The SMILES string of the molecule is CCCCCCCCCCCCCCCC(=O)N(C)C(CO)C(=O)N[C@H](C)C(=O)CCC(=O)N(C)[C@@H]1C(=O)C[C@@H](C)C(=O)NC(C(=O)O)Cc2ccc(O)c(c2)-c2cc1ccc2O. The molecule has 0 fully saturated rings. The lowest BCUT2D eigenvalue weighted by atomic mass is 9.89. The second kappa shape index (κ2) is 26.3. The summed E-state index contributed by atoms with van der Waals surface area (Å²) in [5.41, 5.74) is 0.923. The Morgan fingerprint density at radius 2 is 1.32 bits per heavy atom. The number of carbonyl (C=O) groups excluding carboxylic acids is 6. The smallest absolute Gasteiger partial charge is 0.326 e. The summed E-state index contributed by atoms with van der Waals surface area (Å²) in [4.78, 5) is 94.6. The van der Waals surface area contributed by atoms with Gasteiger partial charge in [-0.3, -0.25) is 28.8 Å². The van der Waals surface area contributed by atoms with E-state index in [2.05, 4.69) is 17.6 Å². The zero-order valence-corrected chi connectivity index (χ0v) is 37.8. The summed E-state index contributed by atoms with van der Waals surface area (Å²) in [6, 6.07) is 3.49. The largest absolute Gasteiger partial charge is 0.507 e. The maximum absolute atomic E-state index is 14.0. The molecule has 0 spiro atoms. The van der Waals surface area contributed by atoms with Crippen molar-refractivity contribution in [2.24, 2.45) is 5.92 Å². The Bertz CT molecular complexity index is 1880. The second-order valence-corrected chi connectivity index (χ2v) is 17.1.